The number of fused-ring (bicyclic) bond motifs is 1. The highest BCUT2D eigenvalue weighted by Gasteiger charge is 2.21. The normalized spacial score (nSPS) is 10.8. The smallest absolute Gasteiger partial charge is 0.260 e. The van der Waals surface area contributed by atoms with E-state index in [1.165, 1.54) is 16.7 Å². The second kappa shape index (κ2) is 12.0. The highest BCUT2D eigenvalue weighted by atomic mass is 35.5. The molecule has 0 atom stereocenters. The Morgan fingerprint density at radius 2 is 1.72 bits per heavy atom. The molecule has 2 aromatic heterocycles. The summed E-state index contributed by atoms with van der Waals surface area (Å²) < 4.78 is 3.15. The minimum absolute atomic E-state index is 0. The van der Waals surface area contributed by atoms with E-state index in [-0.39, 0.29) is 18.3 Å². The lowest BCUT2D eigenvalue weighted by Crippen LogP contribution is -2.32. The molecule has 0 saturated heterocycles. The minimum Gasteiger partial charge on any atom is -0.337 e. The fourth-order valence-electron chi connectivity index (χ4n) is 4.16. The molecule has 5 nitrogen and oxygen atoms in total. The number of hydrogen-bond acceptors (Lipinski definition) is 4. The minimum atomic E-state index is -0.0170. The number of aryl methyl sites for hydroxylation is 2. The number of aromatic nitrogens is 3. The average molecular weight is 517 g/mol. The maximum atomic E-state index is 13.7. The molecule has 5 aromatic rings. The largest absolute Gasteiger partial charge is 0.337 e. The number of imidazole rings is 1. The lowest BCUT2D eigenvalue weighted by atomic mass is 10.0. The molecule has 0 saturated carbocycles. The monoisotopic (exact) mass is 516 g/mol. The van der Waals surface area contributed by atoms with Gasteiger partial charge in [-0.1, -0.05) is 66.8 Å². The van der Waals surface area contributed by atoms with Gasteiger partial charge in [-0.2, -0.15) is 0 Å². The van der Waals surface area contributed by atoms with Crippen molar-refractivity contribution in [1.29, 1.82) is 0 Å². The Morgan fingerprint density at radius 3 is 2.44 bits per heavy atom. The summed E-state index contributed by atoms with van der Waals surface area (Å²) in [6, 6.07) is 24.7. The van der Waals surface area contributed by atoms with Crippen molar-refractivity contribution in [2.45, 2.75) is 32.7 Å². The Labute approximate surface area is 221 Å². The maximum absolute atomic E-state index is 13.7. The third-order valence-electron chi connectivity index (χ3n) is 6.14. The van der Waals surface area contributed by atoms with Crippen molar-refractivity contribution in [1.82, 2.24) is 14.5 Å². The maximum Gasteiger partial charge on any atom is 0.260 e. The Kier molecular flexibility index (Phi) is 8.52. The van der Waals surface area contributed by atoms with Crippen LogP contribution in [0.2, 0.25) is 0 Å². The molecule has 0 spiro atoms. The van der Waals surface area contributed by atoms with Gasteiger partial charge in [0.2, 0.25) is 0 Å². The van der Waals surface area contributed by atoms with Crippen molar-refractivity contribution in [3.8, 4) is 0 Å². The van der Waals surface area contributed by atoms with E-state index < -0.39 is 0 Å². The van der Waals surface area contributed by atoms with Gasteiger partial charge in [0, 0.05) is 31.0 Å². The summed E-state index contributed by atoms with van der Waals surface area (Å²) >= 11 is 1.59. The second-order valence-electron chi connectivity index (χ2n) is 8.62. The van der Waals surface area contributed by atoms with Crippen molar-refractivity contribution >= 4 is 45.0 Å². The first-order chi connectivity index (χ1) is 17.2. The molecule has 1 amide bonds. The first-order valence-corrected chi connectivity index (χ1v) is 12.8. The highest BCUT2D eigenvalue weighted by Crippen LogP contribution is 2.31. The SMILES string of the molecule is CCc1ccc2nc(N(CCCn3ccnc3)C(=O)c3ccc(Cc4ccccc4)cc3)sc2c1.Cl. The number of carbonyl (C=O) groups excluding carboxylic acids is 1. The van der Waals surface area contributed by atoms with Crippen molar-refractivity contribution in [2.75, 3.05) is 11.4 Å². The number of thiazole rings is 1. The summed E-state index contributed by atoms with van der Waals surface area (Å²) in [5, 5.41) is 0.747. The van der Waals surface area contributed by atoms with E-state index in [4.69, 9.17) is 4.98 Å². The Morgan fingerprint density at radius 1 is 0.972 bits per heavy atom. The van der Waals surface area contributed by atoms with Crippen LogP contribution in [0.5, 0.6) is 0 Å². The molecule has 0 fully saturated rings. The van der Waals surface area contributed by atoms with Gasteiger partial charge in [-0.3, -0.25) is 9.69 Å². The van der Waals surface area contributed by atoms with E-state index in [1.54, 1.807) is 17.5 Å². The molecule has 184 valence electrons. The quantitative estimate of drug-likeness (QED) is 0.216. The van der Waals surface area contributed by atoms with E-state index >= 15 is 0 Å². The predicted octanol–water partition coefficient (Wildman–Crippen LogP) is 6.80. The van der Waals surface area contributed by atoms with Gasteiger partial charge in [0.25, 0.3) is 5.91 Å². The molecule has 0 bridgehead atoms. The van der Waals surface area contributed by atoms with Crippen LogP contribution in [-0.2, 0) is 19.4 Å². The third-order valence-corrected chi connectivity index (χ3v) is 7.18. The molecule has 0 N–H and O–H groups in total. The van der Waals surface area contributed by atoms with Crippen molar-refractivity contribution < 1.29 is 4.79 Å². The van der Waals surface area contributed by atoms with Crippen LogP contribution < -0.4 is 4.90 Å². The molecule has 3 aromatic carbocycles. The van der Waals surface area contributed by atoms with E-state index in [0.29, 0.717) is 12.1 Å². The Balaban J connectivity index is 0.00000304. The van der Waals surface area contributed by atoms with E-state index in [1.807, 2.05) is 40.2 Å². The van der Waals surface area contributed by atoms with Gasteiger partial charge in [0.1, 0.15) is 0 Å². The van der Waals surface area contributed by atoms with Crippen LogP contribution in [0.25, 0.3) is 10.2 Å². The van der Waals surface area contributed by atoms with Crippen LogP contribution in [-0.4, -0.2) is 27.0 Å². The predicted molar refractivity (Wildman–Crippen MR) is 150 cm³/mol. The molecule has 0 aliphatic rings. The molecule has 5 rings (SSSR count). The zero-order valence-corrected chi connectivity index (χ0v) is 21.8. The van der Waals surface area contributed by atoms with Gasteiger partial charge in [0.05, 0.1) is 16.5 Å². The van der Waals surface area contributed by atoms with Crippen LogP contribution in [0.3, 0.4) is 0 Å². The molecule has 0 aliphatic carbocycles. The summed E-state index contributed by atoms with van der Waals surface area (Å²) in [4.78, 5) is 24.5. The van der Waals surface area contributed by atoms with Gasteiger partial charge in [-0.15, -0.1) is 12.4 Å². The lowest BCUT2D eigenvalue weighted by Gasteiger charge is -2.20. The first-order valence-electron chi connectivity index (χ1n) is 12.0. The van der Waals surface area contributed by atoms with Crippen molar-refractivity contribution in [2.24, 2.45) is 0 Å². The summed E-state index contributed by atoms with van der Waals surface area (Å²) in [7, 11) is 0. The number of nitrogens with zero attached hydrogens (tertiary/aromatic N) is 4. The number of hydrogen-bond donors (Lipinski definition) is 0. The molecule has 0 unspecified atom stereocenters. The van der Waals surface area contributed by atoms with Gasteiger partial charge < -0.3 is 4.57 Å². The van der Waals surface area contributed by atoms with Crippen LogP contribution in [0.4, 0.5) is 5.13 Å². The summed E-state index contributed by atoms with van der Waals surface area (Å²) in [5.41, 5.74) is 5.34. The highest BCUT2D eigenvalue weighted by molar-refractivity contribution is 7.22. The van der Waals surface area contributed by atoms with Crippen LogP contribution >= 0.6 is 23.7 Å². The zero-order chi connectivity index (χ0) is 24.0. The van der Waals surface area contributed by atoms with E-state index in [9.17, 15) is 4.79 Å². The number of benzene rings is 3. The topological polar surface area (TPSA) is 51.0 Å². The fourth-order valence-corrected chi connectivity index (χ4v) is 5.21. The second-order valence-corrected chi connectivity index (χ2v) is 9.63. The van der Waals surface area contributed by atoms with Crippen LogP contribution in [0.15, 0.2) is 91.5 Å². The van der Waals surface area contributed by atoms with E-state index in [0.717, 1.165) is 41.2 Å². The van der Waals surface area contributed by atoms with Gasteiger partial charge in [-0.05, 0) is 60.2 Å². The fraction of sp³-hybridized carbons (Fsp3) is 0.207. The van der Waals surface area contributed by atoms with Crippen molar-refractivity contribution in [3.63, 3.8) is 0 Å². The number of carbonyl (C=O) groups is 1. The zero-order valence-electron chi connectivity index (χ0n) is 20.2. The lowest BCUT2D eigenvalue weighted by molar-refractivity contribution is 0.0986. The standard InChI is InChI=1S/C29H28N4OS.ClH/c1-2-22-11-14-26-27(20-22)35-29(31-26)33(17-6-16-32-18-15-30-21-32)28(34)25-12-9-24(10-13-25)19-23-7-4-3-5-8-23;/h3-5,7-15,18,20-21H,2,6,16-17,19H2,1H3;1H. The van der Waals surface area contributed by atoms with E-state index in [2.05, 4.69) is 66.5 Å². The molecule has 2 heterocycles. The van der Waals surface area contributed by atoms with Crippen molar-refractivity contribution in [3.05, 3.63) is 114 Å². The number of rotatable bonds is 9. The Hall–Kier alpha value is -3.48. The van der Waals surface area contributed by atoms with Gasteiger partial charge in [-0.25, -0.2) is 9.97 Å². The molecule has 36 heavy (non-hydrogen) atoms. The van der Waals surface area contributed by atoms with Gasteiger partial charge in [0.15, 0.2) is 5.13 Å². The summed E-state index contributed by atoms with van der Waals surface area (Å²) in [6.07, 6.45) is 8.17. The molecular weight excluding hydrogens is 488 g/mol. The summed E-state index contributed by atoms with van der Waals surface area (Å²) in [6.45, 7) is 3.53. The number of amides is 1. The third kappa shape index (κ3) is 6.01. The molecule has 0 aliphatic heterocycles. The van der Waals surface area contributed by atoms with Crippen LogP contribution in [0, 0.1) is 0 Å². The molecule has 0 radical (unpaired) electrons. The summed E-state index contributed by atoms with van der Waals surface area (Å²) in [5.74, 6) is -0.0170. The van der Waals surface area contributed by atoms with Gasteiger partial charge >= 0.3 is 0 Å². The molecule has 7 heteroatoms. The number of anilines is 1. The number of halogens is 1. The first kappa shape index (κ1) is 25.6. The average Bonchev–Trinajstić information content (AvgIpc) is 3.57. The van der Waals surface area contributed by atoms with Crippen LogP contribution in [0.1, 0.15) is 40.4 Å². The molecular formula is C29H29ClN4OS. The Bertz CT molecular complexity index is 1400.